The van der Waals surface area contributed by atoms with Crippen molar-refractivity contribution in [1.82, 2.24) is 9.88 Å². The molecule has 0 aliphatic carbocycles. The standard InChI is InChI=1S/C20H24N2O4/c1-4-24-17-10-15(11-18(25-5-2)19(17)26-6-3)20(23)22-12-14-8-7-9-21-16(14)13-22/h7-11H,4-6,12-13H2,1-3H3. The van der Waals surface area contributed by atoms with E-state index in [0.29, 0.717) is 55.7 Å². The second-order valence-corrected chi connectivity index (χ2v) is 5.87. The molecule has 0 N–H and O–H groups in total. The molecule has 1 aromatic carbocycles. The van der Waals surface area contributed by atoms with E-state index in [4.69, 9.17) is 14.2 Å². The molecule has 0 fully saturated rings. The van der Waals surface area contributed by atoms with Crippen molar-refractivity contribution in [2.45, 2.75) is 33.9 Å². The Balaban J connectivity index is 1.92. The second-order valence-electron chi connectivity index (χ2n) is 5.87. The largest absolute Gasteiger partial charge is 0.490 e. The van der Waals surface area contributed by atoms with Crippen LogP contribution < -0.4 is 14.2 Å². The molecule has 1 amide bonds. The molecule has 2 heterocycles. The minimum atomic E-state index is -0.0760. The Morgan fingerprint density at radius 2 is 1.69 bits per heavy atom. The number of hydrogen-bond donors (Lipinski definition) is 0. The lowest BCUT2D eigenvalue weighted by molar-refractivity contribution is 0.0749. The fraction of sp³-hybridized carbons (Fsp3) is 0.400. The van der Waals surface area contributed by atoms with Gasteiger partial charge in [0.15, 0.2) is 11.5 Å². The van der Waals surface area contributed by atoms with E-state index in [1.165, 1.54) is 0 Å². The number of fused-ring (bicyclic) bond motifs is 1. The van der Waals surface area contributed by atoms with E-state index < -0.39 is 0 Å². The third-order valence-electron chi connectivity index (χ3n) is 4.13. The molecule has 1 aromatic heterocycles. The van der Waals surface area contributed by atoms with Gasteiger partial charge in [-0.1, -0.05) is 6.07 Å². The minimum absolute atomic E-state index is 0.0760. The summed E-state index contributed by atoms with van der Waals surface area (Å²) in [5.74, 6) is 1.52. The van der Waals surface area contributed by atoms with Crippen LogP contribution in [0.5, 0.6) is 17.2 Å². The molecule has 0 bridgehead atoms. The highest BCUT2D eigenvalue weighted by Crippen LogP contribution is 2.39. The summed E-state index contributed by atoms with van der Waals surface area (Å²) in [4.78, 5) is 19.2. The smallest absolute Gasteiger partial charge is 0.254 e. The summed E-state index contributed by atoms with van der Waals surface area (Å²) in [5, 5.41) is 0. The number of nitrogens with zero attached hydrogens (tertiary/aromatic N) is 2. The Morgan fingerprint density at radius 3 is 2.27 bits per heavy atom. The van der Waals surface area contributed by atoms with Crippen LogP contribution in [0.2, 0.25) is 0 Å². The van der Waals surface area contributed by atoms with Crippen LogP contribution in [0, 0.1) is 0 Å². The molecule has 2 aromatic rings. The molecule has 1 aliphatic rings. The lowest BCUT2D eigenvalue weighted by Gasteiger charge is -2.19. The van der Waals surface area contributed by atoms with Gasteiger partial charge in [-0.15, -0.1) is 0 Å². The summed E-state index contributed by atoms with van der Waals surface area (Å²) in [6.45, 7) is 8.20. The van der Waals surface area contributed by atoms with Crippen LogP contribution >= 0.6 is 0 Å². The highest BCUT2D eigenvalue weighted by molar-refractivity contribution is 5.96. The van der Waals surface area contributed by atoms with Gasteiger partial charge >= 0.3 is 0 Å². The van der Waals surface area contributed by atoms with Crippen molar-refractivity contribution in [3.8, 4) is 17.2 Å². The number of carbonyl (C=O) groups is 1. The van der Waals surface area contributed by atoms with Crippen LogP contribution in [-0.2, 0) is 13.1 Å². The van der Waals surface area contributed by atoms with Crippen LogP contribution in [0.3, 0.4) is 0 Å². The van der Waals surface area contributed by atoms with E-state index in [9.17, 15) is 4.79 Å². The van der Waals surface area contributed by atoms with E-state index >= 15 is 0 Å². The number of ether oxygens (including phenoxy) is 3. The predicted molar refractivity (Wildman–Crippen MR) is 97.8 cm³/mol. The third-order valence-corrected chi connectivity index (χ3v) is 4.13. The molecule has 26 heavy (non-hydrogen) atoms. The van der Waals surface area contributed by atoms with Crippen LogP contribution in [-0.4, -0.2) is 35.6 Å². The first-order valence-corrected chi connectivity index (χ1v) is 8.96. The molecule has 0 radical (unpaired) electrons. The summed E-state index contributed by atoms with van der Waals surface area (Å²) in [6.07, 6.45) is 1.75. The molecular weight excluding hydrogens is 332 g/mol. The Hall–Kier alpha value is -2.76. The number of benzene rings is 1. The van der Waals surface area contributed by atoms with Gasteiger partial charge in [-0.25, -0.2) is 0 Å². The van der Waals surface area contributed by atoms with Gasteiger partial charge < -0.3 is 19.1 Å². The molecule has 6 nitrogen and oxygen atoms in total. The van der Waals surface area contributed by atoms with Crippen molar-refractivity contribution >= 4 is 5.91 Å². The first-order valence-electron chi connectivity index (χ1n) is 8.96. The SMILES string of the molecule is CCOc1cc(C(=O)N2Cc3cccnc3C2)cc(OCC)c1OCC. The van der Waals surface area contributed by atoms with E-state index in [2.05, 4.69) is 4.98 Å². The summed E-state index contributed by atoms with van der Waals surface area (Å²) in [7, 11) is 0. The average molecular weight is 356 g/mol. The molecule has 0 unspecified atom stereocenters. The van der Waals surface area contributed by atoms with Crippen molar-refractivity contribution in [2.75, 3.05) is 19.8 Å². The quantitative estimate of drug-likeness (QED) is 0.761. The number of hydrogen-bond acceptors (Lipinski definition) is 5. The minimum Gasteiger partial charge on any atom is -0.490 e. The Bertz CT molecular complexity index is 739. The van der Waals surface area contributed by atoms with Gasteiger partial charge in [-0.2, -0.15) is 0 Å². The molecular formula is C20H24N2O4. The van der Waals surface area contributed by atoms with Crippen molar-refractivity contribution in [3.63, 3.8) is 0 Å². The topological polar surface area (TPSA) is 60.9 Å². The molecule has 0 atom stereocenters. The van der Waals surface area contributed by atoms with Gasteiger partial charge in [0.2, 0.25) is 5.75 Å². The van der Waals surface area contributed by atoms with Gasteiger partial charge in [0, 0.05) is 18.3 Å². The second kappa shape index (κ2) is 8.08. The molecule has 1 aliphatic heterocycles. The first-order chi connectivity index (χ1) is 12.7. The first kappa shape index (κ1) is 18.0. The third kappa shape index (κ3) is 3.59. The van der Waals surface area contributed by atoms with E-state index in [0.717, 1.165) is 11.3 Å². The summed E-state index contributed by atoms with van der Waals surface area (Å²) < 4.78 is 17.1. The zero-order chi connectivity index (χ0) is 18.5. The fourth-order valence-corrected chi connectivity index (χ4v) is 3.04. The maximum Gasteiger partial charge on any atom is 0.254 e. The van der Waals surface area contributed by atoms with Gasteiger partial charge in [0.25, 0.3) is 5.91 Å². The number of rotatable bonds is 7. The highest BCUT2D eigenvalue weighted by atomic mass is 16.5. The van der Waals surface area contributed by atoms with Crippen molar-refractivity contribution < 1.29 is 19.0 Å². The van der Waals surface area contributed by atoms with Crippen molar-refractivity contribution in [1.29, 1.82) is 0 Å². The summed E-state index contributed by atoms with van der Waals surface area (Å²) in [5.41, 5.74) is 2.55. The molecule has 0 saturated carbocycles. The molecule has 0 saturated heterocycles. The Morgan fingerprint density at radius 1 is 1.04 bits per heavy atom. The molecule has 3 rings (SSSR count). The Kier molecular flexibility index (Phi) is 5.61. The maximum atomic E-state index is 13.0. The molecule has 0 spiro atoms. The highest BCUT2D eigenvalue weighted by Gasteiger charge is 2.27. The van der Waals surface area contributed by atoms with Gasteiger partial charge in [0.1, 0.15) is 0 Å². The number of amides is 1. The molecule has 138 valence electrons. The normalized spacial score (nSPS) is 12.7. The van der Waals surface area contributed by atoms with Gasteiger partial charge in [0.05, 0.1) is 32.1 Å². The molecule has 6 heteroatoms. The zero-order valence-electron chi connectivity index (χ0n) is 15.4. The van der Waals surface area contributed by atoms with E-state index in [1.54, 1.807) is 23.2 Å². The van der Waals surface area contributed by atoms with Crippen molar-refractivity contribution in [2.24, 2.45) is 0 Å². The monoisotopic (exact) mass is 356 g/mol. The zero-order valence-corrected chi connectivity index (χ0v) is 15.4. The number of carbonyl (C=O) groups excluding carboxylic acids is 1. The van der Waals surface area contributed by atoms with Crippen LogP contribution in [0.4, 0.5) is 0 Å². The van der Waals surface area contributed by atoms with Crippen LogP contribution in [0.15, 0.2) is 30.5 Å². The lowest BCUT2D eigenvalue weighted by atomic mass is 10.1. The lowest BCUT2D eigenvalue weighted by Crippen LogP contribution is -2.25. The van der Waals surface area contributed by atoms with E-state index in [1.807, 2.05) is 32.9 Å². The van der Waals surface area contributed by atoms with Crippen molar-refractivity contribution in [3.05, 3.63) is 47.3 Å². The maximum absolute atomic E-state index is 13.0. The fourth-order valence-electron chi connectivity index (χ4n) is 3.04. The predicted octanol–water partition coefficient (Wildman–Crippen LogP) is 3.43. The summed E-state index contributed by atoms with van der Waals surface area (Å²) in [6, 6.07) is 7.36. The number of aromatic nitrogens is 1. The van der Waals surface area contributed by atoms with Crippen LogP contribution in [0.1, 0.15) is 42.4 Å². The van der Waals surface area contributed by atoms with Gasteiger partial charge in [-0.3, -0.25) is 9.78 Å². The summed E-state index contributed by atoms with van der Waals surface area (Å²) >= 11 is 0. The van der Waals surface area contributed by atoms with Gasteiger partial charge in [-0.05, 0) is 44.5 Å². The van der Waals surface area contributed by atoms with E-state index in [-0.39, 0.29) is 5.91 Å². The Labute approximate surface area is 153 Å². The number of pyridine rings is 1. The van der Waals surface area contributed by atoms with Crippen LogP contribution in [0.25, 0.3) is 0 Å². The average Bonchev–Trinajstić information content (AvgIpc) is 3.08.